The highest BCUT2D eigenvalue weighted by atomic mass is 19.1. The van der Waals surface area contributed by atoms with E-state index in [1.165, 1.54) is 6.07 Å². The number of ether oxygens (including phenoxy) is 1. The molecule has 0 aromatic heterocycles. The second-order valence-electron chi connectivity index (χ2n) is 8.91. The molecule has 0 saturated carbocycles. The number of carbonyl (C=O) groups is 2. The third-order valence-corrected chi connectivity index (χ3v) is 6.57. The van der Waals surface area contributed by atoms with E-state index in [-0.39, 0.29) is 29.7 Å². The molecule has 0 spiro atoms. The maximum absolute atomic E-state index is 14.3. The van der Waals surface area contributed by atoms with Crippen molar-refractivity contribution < 1.29 is 18.7 Å². The number of urea groups is 1. The van der Waals surface area contributed by atoms with Gasteiger partial charge >= 0.3 is 6.03 Å². The summed E-state index contributed by atoms with van der Waals surface area (Å²) in [5.41, 5.74) is 1.62. The van der Waals surface area contributed by atoms with Crippen LogP contribution in [0.5, 0.6) is 0 Å². The Morgan fingerprint density at radius 2 is 1.81 bits per heavy atom. The Hall–Kier alpha value is -2.35. The molecule has 3 aliphatic rings. The molecule has 0 radical (unpaired) electrons. The molecule has 3 fully saturated rings. The highest BCUT2D eigenvalue weighted by molar-refractivity contribution is 5.81. The number of carbonyl (C=O) groups excluding carboxylic acids is 2. The maximum Gasteiger partial charge on any atom is 0.317 e. The number of anilines is 1. The zero-order valence-electron chi connectivity index (χ0n) is 18.3. The van der Waals surface area contributed by atoms with Gasteiger partial charge in [-0.3, -0.25) is 4.79 Å². The third-order valence-electron chi connectivity index (χ3n) is 6.57. The molecule has 8 heteroatoms. The lowest BCUT2D eigenvalue weighted by Gasteiger charge is -2.38. The SMILES string of the molecule is Cc1ccc(F)c(N2CCCC(NC(=O)N3CCCC(C(=O)N4CCOCC4)C3)C2)c1. The number of hydrogen-bond donors (Lipinski definition) is 1. The number of hydrogen-bond acceptors (Lipinski definition) is 4. The Kier molecular flexibility index (Phi) is 6.95. The molecule has 7 nitrogen and oxygen atoms in total. The monoisotopic (exact) mass is 432 g/mol. The van der Waals surface area contributed by atoms with Gasteiger partial charge in [0.1, 0.15) is 5.82 Å². The number of morpholine rings is 1. The summed E-state index contributed by atoms with van der Waals surface area (Å²) >= 11 is 0. The van der Waals surface area contributed by atoms with Gasteiger partial charge in [0.2, 0.25) is 5.91 Å². The number of piperidine rings is 2. The van der Waals surface area contributed by atoms with Gasteiger partial charge in [-0.15, -0.1) is 0 Å². The van der Waals surface area contributed by atoms with Crippen molar-refractivity contribution in [2.24, 2.45) is 5.92 Å². The van der Waals surface area contributed by atoms with E-state index in [0.29, 0.717) is 51.6 Å². The van der Waals surface area contributed by atoms with Crippen LogP contribution in [0.3, 0.4) is 0 Å². The van der Waals surface area contributed by atoms with Crippen molar-refractivity contribution in [3.05, 3.63) is 29.6 Å². The van der Waals surface area contributed by atoms with Gasteiger partial charge in [0, 0.05) is 45.3 Å². The molecule has 2 unspecified atom stereocenters. The van der Waals surface area contributed by atoms with Gasteiger partial charge < -0.3 is 24.8 Å². The van der Waals surface area contributed by atoms with Crippen LogP contribution in [0.25, 0.3) is 0 Å². The first-order chi connectivity index (χ1) is 15.0. The largest absolute Gasteiger partial charge is 0.378 e. The van der Waals surface area contributed by atoms with Crippen LogP contribution >= 0.6 is 0 Å². The lowest BCUT2D eigenvalue weighted by Crippen LogP contribution is -2.55. The molecule has 4 rings (SSSR count). The highest BCUT2D eigenvalue weighted by Gasteiger charge is 2.33. The molecule has 0 aliphatic carbocycles. The van der Waals surface area contributed by atoms with Crippen molar-refractivity contribution in [1.29, 1.82) is 0 Å². The lowest BCUT2D eigenvalue weighted by atomic mass is 9.96. The number of nitrogens with zero attached hydrogens (tertiary/aromatic N) is 3. The van der Waals surface area contributed by atoms with Crippen LogP contribution in [0, 0.1) is 18.7 Å². The van der Waals surface area contributed by atoms with Gasteiger partial charge in [0.25, 0.3) is 0 Å². The number of benzene rings is 1. The van der Waals surface area contributed by atoms with Gasteiger partial charge in [0.15, 0.2) is 0 Å². The molecule has 170 valence electrons. The number of nitrogens with one attached hydrogen (secondary N) is 1. The van der Waals surface area contributed by atoms with Gasteiger partial charge in [-0.2, -0.15) is 0 Å². The molecule has 31 heavy (non-hydrogen) atoms. The van der Waals surface area contributed by atoms with Crippen LogP contribution in [0.15, 0.2) is 18.2 Å². The van der Waals surface area contributed by atoms with E-state index >= 15 is 0 Å². The summed E-state index contributed by atoms with van der Waals surface area (Å²) in [6, 6.07) is 5.00. The summed E-state index contributed by atoms with van der Waals surface area (Å²) in [6.07, 6.45) is 3.43. The minimum absolute atomic E-state index is 0.0310. The smallest absolute Gasteiger partial charge is 0.317 e. The molecule has 3 amide bonds. The summed E-state index contributed by atoms with van der Waals surface area (Å²) < 4.78 is 19.7. The Balaban J connectivity index is 1.33. The highest BCUT2D eigenvalue weighted by Crippen LogP contribution is 2.25. The molecule has 0 bridgehead atoms. The fraction of sp³-hybridized carbons (Fsp3) is 0.652. The van der Waals surface area contributed by atoms with Crippen LogP contribution in [0.2, 0.25) is 0 Å². The molecule has 2 atom stereocenters. The zero-order chi connectivity index (χ0) is 21.8. The topological polar surface area (TPSA) is 65.1 Å². The number of aryl methyl sites for hydroxylation is 1. The Morgan fingerprint density at radius 1 is 1.03 bits per heavy atom. The van der Waals surface area contributed by atoms with E-state index < -0.39 is 0 Å². The van der Waals surface area contributed by atoms with Crippen LogP contribution < -0.4 is 10.2 Å². The number of rotatable bonds is 3. The summed E-state index contributed by atoms with van der Waals surface area (Å²) in [5, 5.41) is 3.14. The van der Waals surface area contributed by atoms with E-state index in [0.717, 1.165) is 37.8 Å². The van der Waals surface area contributed by atoms with Gasteiger partial charge in [-0.25, -0.2) is 9.18 Å². The Morgan fingerprint density at radius 3 is 2.61 bits per heavy atom. The lowest BCUT2D eigenvalue weighted by molar-refractivity contribution is -0.141. The Labute approximate surface area is 183 Å². The fourth-order valence-corrected chi connectivity index (χ4v) is 4.85. The maximum atomic E-state index is 14.3. The van der Waals surface area contributed by atoms with Crippen molar-refractivity contribution in [2.75, 3.05) is 57.4 Å². The van der Waals surface area contributed by atoms with E-state index in [9.17, 15) is 14.0 Å². The van der Waals surface area contributed by atoms with E-state index in [4.69, 9.17) is 4.74 Å². The van der Waals surface area contributed by atoms with Gasteiger partial charge in [-0.05, 0) is 50.3 Å². The van der Waals surface area contributed by atoms with Crippen molar-refractivity contribution in [3.63, 3.8) is 0 Å². The van der Waals surface area contributed by atoms with Gasteiger partial charge in [-0.1, -0.05) is 6.07 Å². The van der Waals surface area contributed by atoms with Crippen molar-refractivity contribution in [3.8, 4) is 0 Å². The van der Waals surface area contributed by atoms with E-state index in [1.807, 2.05) is 22.8 Å². The summed E-state index contributed by atoms with van der Waals surface area (Å²) in [5.74, 6) is -0.223. The first-order valence-corrected chi connectivity index (χ1v) is 11.4. The van der Waals surface area contributed by atoms with E-state index in [2.05, 4.69) is 5.32 Å². The van der Waals surface area contributed by atoms with Crippen LogP contribution in [0.4, 0.5) is 14.9 Å². The quantitative estimate of drug-likeness (QED) is 0.797. The van der Waals surface area contributed by atoms with Crippen LogP contribution in [-0.2, 0) is 9.53 Å². The predicted octanol–water partition coefficient (Wildman–Crippen LogP) is 2.38. The molecule has 3 heterocycles. The second kappa shape index (κ2) is 9.85. The first kappa shape index (κ1) is 21.9. The Bertz CT molecular complexity index is 799. The van der Waals surface area contributed by atoms with Crippen molar-refractivity contribution in [2.45, 2.75) is 38.6 Å². The normalized spacial score (nSPS) is 24.8. The average Bonchev–Trinajstić information content (AvgIpc) is 2.81. The van der Waals surface area contributed by atoms with Gasteiger partial charge in [0.05, 0.1) is 24.8 Å². The summed E-state index contributed by atoms with van der Waals surface area (Å²) in [6.45, 7) is 6.90. The second-order valence-corrected chi connectivity index (χ2v) is 8.91. The van der Waals surface area contributed by atoms with Crippen molar-refractivity contribution in [1.82, 2.24) is 15.1 Å². The number of amides is 3. The predicted molar refractivity (Wildman–Crippen MR) is 117 cm³/mol. The van der Waals surface area contributed by atoms with E-state index in [1.54, 1.807) is 11.0 Å². The van der Waals surface area contributed by atoms with Crippen LogP contribution in [0.1, 0.15) is 31.2 Å². The minimum atomic E-state index is -0.224. The molecular formula is C23H33FN4O3. The first-order valence-electron chi connectivity index (χ1n) is 11.4. The molecule has 3 saturated heterocycles. The molecule has 1 aromatic rings. The summed E-state index contributed by atoms with van der Waals surface area (Å²) in [4.78, 5) is 31.5. The minimum Gasteiger partial charge on any atom is -0.378 e. The molecule has 3 aliphatic heterocycles. The van der Waals surface area contributed by atoms with Crippen LogP contribution in [-0.4, -0.2) is 80.3 Å². The number of halogens is 1. The third kappa shape index (κ3) is 5.29. The number of likely N-dealkylation sites (tertiary alicyclic amines) is 1. The standard InChI is InChI=1S/C23H33FN4O3/c1-17-6-7-20(24)21(14-17)27-8-3-5-19(16-27)25-23(30)28-9-2-4-18(15-28)22(29)26-10-12-31-13-11-26/h6-7,14,18-19H,2-5,8-13,15-16H2,1H3,(H,25,30). The molecule has 1 aromatic carbocycles. The zero-order valence-corrected chi connectivity index (χ0v) is 18.3. The van der Waals surface area contributed by atoms with Crippen molar-refractivity contribution >= 4 is 17.6 Å². The fourth-order valence-electron chi connectivity index (χ4n) is 4.85. The average molecular weight is 433 g/mol. The molecule has 1 N–H and O–H groups in total. The summed E-state index contributed by atoms with van der Waals surface area (Å²) in [7, 11) is 0. The molecular weight excluding hydrogens is 399 g/mol.